The van der Waals surface area contributed by atoms with Crippen LogP contribution in [0.2, 0.25) is 0 Å². The average Bonchev–Trinajstić information content (AvgIpc) is 3.07. The van der Waals surface area contributed by atoms with Gasteiger partial charge in [-0.2, -0.15) is 0 Å². The Balaban J connectivity index is 2.31. The summed E-state index contributed by atoms with van der Waals surface area (Å²) in [4.78, 5) is 36.8. The van der Waals surface area contributed by atoms with Gasteiger partial charge in [-0.05, 0) is 13.0 Å². The molecule has 1 aliphatic rings. The second-order valence-electron chi connectivity index (χ2n) is 5.15. The number of rotatable bonds is 3. The van der Waals surface area contributed by atoms with Crippen LogP contribution >= 0.6 is 0 Å². The maximum atomic E-state index is 12.7. The molecule has 0 saturated heterocycles. The maximum Gasteiger partial charge on any atom is 0.428 e. The van der Waals surface area contributed by atoms with Gasteiger partial charge in [-0.25, -0.2) is 14.6 Å². The van der Waals surface area contributed by atoms with Gasteiger partial charge < -0.3 is 18.9 Å². The first-order valence-electron chi connectivity index (χ1n) is 7.46. The van der Waals surface area contributed by atoms with Gasteiger partial charge in [-0.1, -0.05) is 0 Å². The number of nitrogens with zero attached hydrogens (tertiary/aromatic N) is 2. The summed E-state index contributed by atoms with van der Waals surface area (Å²) in [5, 5.41) is 1.30. The molecule has 0 fully saturated rings. The molecule has 132 valence electrons. The van der Waals surface area contributed by atoms with Crippen LogP contribution in [0.4, 0.5) is 4.79 Å². The van der Waals surface area contributed by atoms with E-state index in [0.29, 0.717) is 17.0 Å². The Labute approximate surface area is 142 Å². The van der Waals surface area contributed by atoms with Crippen molar-refractivity contribution in [1.82, 2.24) is 4.68 Å². The van der Waals surface area contributed by atoms with Gasteiger partial charge in [0, 0.05) is 19.3 Å². The fourth-order valence-electron chi connectivity index (χ4n) is 2.52. The van der Waals surface area contributed by atoms with E-state index < -0.39 is 17.5 Å². The summed E-state index contributed by atoms with van der Waals surface area (Å²) in [6.45, 7) is 1.78. The molecule has 1 aromatic heterocycles. The van der Waals surface area contributed by atoms with Crippen molar-refractivity contribution in [2.75, 3.05) is 32.6 Å². The van der Waals surface area contributed by atoms with Crippen LogP contribution in [0.25, 0.3) is 10.9 Å². The molecular weight excluding hydrogens is 332 g/mol. The van der Waals surface area contributed by atoms with Crippen LogP contribution in [0.1, 0.15) is 17.3 Å². The Morgan fingerprint density at radius 1 is 1.28 bits per heavy atom. The first-order valence-corrected chi connectivity index (χ1v) is 7.46. The van der Waals surface area contributed by atoms with Crippen LogP contribution in [0.5, 0.6) is 11.5 Å². The average molecular weight is 348 g/mol. The smallest absolute Gasteiger partial charge is 0.428 e. The summed E-state index contributed by atoms with van der Waals surface area (Å²) in [7, 11) is 2.67. The third-order valence-electron chi connectivity index (χ3n) is 3.74. The number of pyridine rings is 1. The third kappa shape index (κ3) is 2.73. The molecule has 9 nitrogen and oxygen atoms in total. The van der Waals surface area contributed by atoms with Crippen molar-refractivity contribution in [3.8, 4) is 11.5 Å². The highest BCUT2D eigenvalue weighted by molar-refractivity contribution is 5.95. The van der Waals surface area contributed by atoms with E-state index in [-0.39, 0.29) is 24.3 Å². The van der Waals surface area contributed by atoms with Gasteiger partial charge >= 0.3 is 12.1 Å². The van der Waals surface area contributed by atoms with Crippen molar-refractivity contribution < 1.29 is 28.5 Å². The Kier molecular flexibility index (Phi) is 4.22. The van der Waals surface area contributed by atoms with E-state index in [4.69, 9.17) is 18.9 Å². The first kappa shape index (κ1) is 16.6. The van der Waals surface area contributed by atoms with Crippen LogP contribution in [-0.4, -0.2) is 44.3 Å². The van der Waals surface area contributed by atoms with E-state index in [2.05, 4.69) is 0 Å². The zero-order chi connectivity index (χ0) is 18.1. The van der Waals surface area contributed by atoms with Crippen LogP contribution in [-0.2, 0) is 9.47 Å². The molecular formula is C16H16N2O7. The molecule has 2 heterocycles. The lowest BCUT2D eigenvalue weighted by Gasteiger charge is -2.22. The summed E-state index contributed by atoms with van der Waals surface area (Å²) >= 11 is 0. The Morgan fingerprint density at radius 3 is 2.60 bits per heavy atom. The highest BCUT2D eigenvalue weighted by atomic mass is 16.7. The Hall–Kier alpha value is -3.23. The minimum Gasteiger partial charge on any atom is -0.462 e. The molecule has 0 aliphatic carbocycles. The number of fused-ring (bicyclic) bond motifs is 2. The van der Waals surface area contributed by atoms with Crippen molar-refractivity contribution in [1.29, 1.82) is 0 Å². The number of hydrogen-bond donors (Lipinski definition) is 0. The van der Waals surface area contributed by atoms with E-state index >= 15 is 0 Å². The molecule has 0 saturated carbocycles. The van der Waals surface area contributed by atoms with Crippen molar-refractivity contribution in [2.45, 2.75) is 6.92 Å². The first-order chi connectivity index (χ1) is 12.0. The largest absolute Gasteiger partial charge is 0.462 e. The number of carbonyl (C=O) groups is 2. The lowest BCUT2D eigenvalue weighted by molar-refractivity contribution is 0.0524. The highest BCUT2D eigenvalue weighted by Crippen LogP contribution is 2.35. The number of aromatic nitrogens is 1. The van der Waals surface area contributed by atoms with Crippen LogP contribution in [0, 0.1) is 0 Å². The number of hydrogen-bond acceptors (Lipinski definition) is 7. The fraction of sp³-hybridized carbons (Fsp3) is 0.312. The van der Waals surface area contributed by atoms with Crippen molar-refractivity contribution in [3.05, 3.63) is 34.1 Å². The molecule has 0 N–H and O–H groups in total. The van der Waals surface area contributed by atoms with Gasteiger partial charge in [0.2, 0.25) is 12.2 Å². The van der Waals surface area contributed by atoms with Crippen molar-refractivity contribution in [3.63, 3.8) is 0 Å². The van der Waals surface area contributed by atoms with Crippen molar-refractivity contribution in [2.24, 2.45) is 0 Å². The summed E-state index contributed by atoms with van der Waals surface area (Å²) in [6, 6.07) is 3.04. The lowest BCUT2D eigenvalue weighted by Crippen LogP contribution is -2.38. The summed E-state index contributed by atoms with van der Waals surface area (Å²) in [5.41, 5.74) is -0.375. The zero-order valence-electron chi connectivity index (χ0n) is 13.9. The van der Waals surface area contributed by atoms with Gasteiger partial charge in [0.1, 0.15) is 5.56 Å². The molecule has 0 spiro atoms. The van der Waals surface area contributed by atoms with E-state index in [1.165, 1.54) is 31.1 Å². The van der Waals surface area contributed by atoms with Crippen molar-refractivity contribution >= 4 is 23.0 Å². The normalized spacial score (nSPS) is 12.1. The molecule has 25 heavy (non-hydrogen) atoms. The van der Waals surface area contributed by atoms with Gasteiger partial charge in [0.15, 0.2) is 11.5 Å². The lowest BCUT2D eigenvalue weighted by atomic mass is 10.1. The molecule has 0 atom stereocenters. The summed E-state index contributed by atoms with van der Waals surface area (Å²) < 4.78 is 21.6. The van der Waals surface area contributed by atoms with Gasteiger partial charge in [-0.15, -0.1) is 0 Å². The topological polar surface area (TPSA) is 96.3 Å². The molecule has 1 aliphatic heterocycles. The van der Waals surface area contributed by atoms with Gasteiger partial charge in [0.25, 0.3) is 0 Å². The minimum atomic E-state index is -0.779. The van der Waals surface area contributed by atoms with E-state index in [1.807, 2.05) is 0 Å². The second kappa shape index (κ2) is 6.34. The quantitative estimate of drug-likeness (QED) is 0.770. The number of ether oxygens (including phenoxy) is 4. The van der Waals surface area contributed by atoms with Crippen LogP contribution in [0.15, 0.2) is 23.1 Å². The molecule has 1 amide bonds. The van der Waals surface area contributed by atoms with Gasteiger partial charge in [-0.3, -0.25) is 9.47 Å². The summed E-state index contributed by atoms with van der Waals surface area (Å²) in [5.74, 6) is 0.0414. The molecule has 1 aromatic carbocycles. The van der Waals surface area contributed by atoms with E-state index in [0.717, 1.165) is 5.01 Å². The number of amides is 1. The molecule has 0 unspecified atom stereocenters. The Bertz CT molecular complexity index is 919. The fourth-order valence-corrected chi connectivity index (χ4v) is 2.52. The van der Waals surface area contributed by atoms with E-state index in [9.17, 15) is 14.4 Å². The summed E-state index contributed by atoms with van der Waals surface area (Å²) in [6.07, 6.45) is 0.555. The van der Waals surface area contributed by atoms with Crippen LogP contribution in [0.3, 0.4) is 0 Å². The SMILES string of the molecule is CCOC(=O)c1cn(N(C)C(=O)OC)c2cc3c(cc2c1=O)OCO3. The monoisotopic (exact) mass is 348 g/mol. The molecule has 2 aromatic rings. The highest BCUT2D eigenvalue weighted by Gasteiger charge is 2.24. The minimum absolute atomic E-state index is 0.0252. The van der Waals surface area contributed by atoms with Crippen LogP contribution < -0.4 is 19.9 Å². The maximum absolute atomic E-state index is 12.7. The predicted octanol–water partition coefficient (Wildman–Crippen LogP) is 1.24. The third-order valence-corrected chi connectivity index (χ3v) is 3.74. The Morgan fingerprint density at radius 2 is 1.96 bits per heavy atom. The number of benzene rings is 1. The number of carbonyl (C=O) groups excluding carboxylic acids is 2. The second-order valence-corrected chi connectivity index (χ2v) is 5.15. The molecule has 0 radical (unpaired) electrons. The van der Waals surface area contributed by atoms with Gasteiger partial charge in [0.05, 0.1) is 24.6 Å². The number of esters is 1. The molecule has 9 heteroatoms. The number of methoxy groups -OCH3 is 1. The zero-order valence-corrected chi connectivity index (χ0v) is 13.9. The molecule has 3 rings (SSSR count). The van der Waals surface area contributed by atoms with E-state index in [1.54, 1.807) is 13.0 Å². The standard InChI is InChI=1S/C16H16N2O7/c1-4-23-15(20)10-7-18(17(2)16(21)22-3)11-6-13-12(24-8-25-13)5-9(11)14(10)19/h5-7H,4,8H2,1-3H3. The predicted molar refractivity (Wildman–Crippen MR) is 86.8 cm³/mol. The molecule has 0 bridgehead atoms.